The van der Waals surface area contributed by atoms with Crippen molar-refractivity contribution in [2.24, 2.45) is 16.7 Å². The number of hydrogen-bond donors (Lipinski definition) is 1. The van der Waals surface area contributed by atoms with E-state index < -0.39 is 10.8 Å². The molecular weight excluding hydrogens is 318 g/mol. The number of amides is 1. The third-order valence-electron chi connectivity index (χ3n) is 5.35. The van der Waals surface area contributed by atoms with Crippen molar-refractivity contribution in [2.45, 2.75) is 40.2 Å². The van der Waals surface area contributed by atoms with Gasteiger partial charge < -0.3 is 10.1 Å². The van der Waals surface area contributed by atoms with E-state index in [0.717, 1.165) is 0 Å². The van der Waals surface area contributed by atoms with Crippen LogP contribution >= 0.6 is 11.6 Å². The first-order valence-corrected chi connectivity index (χ1v) is 7.93. The van der Waals surface area contributed by atoms with Crippen LogP contribution in [0.2, 0.25) is 5.15 Å². The maximum atomic E-state index is 12.8. The van der Waals surface area contributed by atoms with Gasteiger partial charge >= 0.3 is 5.97 Å². The summed E-state index contributed by atoms with van der Waals surface area (Å²) in [4.78, 5) is 32.8. The zero-order valence-electron chi connectivity index (χ0n) is 13.9. The molecule has 1 aliphatic rings. The maximum absolute atomic E-state index is 12.8. The van der Waals surface area contributed by atoms with Crippen LogP contribution in [0.5, 0.6) is 0 Å². The molecule has 1 aromatic heterocycles. The van der Waals surface area contributed by atoms with Gasteiger partial charge in [0.1, 0.15) is 0 Å². The van der Waals surface area contributed by atoms with E-state index in [2.05, 4.69) is 15.3 Å². The van der Waals surface area contributed by atoms with Gasteiger partial charge in [-0.3, -0.25) is 14.6 Å². The molecule has 1 fully saturated rings. The van der Waals surface area contributed by atoms with E-state index in [4.69, 9.17) is 16.3 Å². The highest BCUT2D eigenvalue weighted by atomic mass is 35.5. The average molecular weight is 340 g/mol. The zero-order valence-corrected chi connectivity index (χ0v) is 14.6. The Labute approximate surface area is 141 Å². The molecule has 1 saturated carbocycles. The van der Waals surface area contributed by atoms with Crippen LogP contribution in [-0.4, -0.2) is 29.0 Å². The highest BCUT2D eigenvalue weighted by molar-refractivity contribution is 6.29. The van der Waals surface area contributed by atoms with Crippen molar-refractivity contribution in [3.63, 3.8) is 0 Å². The number of rotatable bonds is 4. The molecule has 2 atom stereocenters. The van der Waals surface area contributed by atoms with E-state index in [1.807, 2.05) is 20.8 Å². The summed E-state index contributed by atoms with van der Waals surface area (Å²) in [6.07, 6.45) is 4.28. The average Bonchev–Trinajstić information content (AvgIpc) is 2.76. The van der Waals surface area contributed by atoms with Crippen molar-refractivity contribution in [1.29, 1.82) is 0 Å². The lowest BCUT2D eigenvalue weighted by Crippen LogP contribution is -2.48. The van der Waals surface area contributed by atoms with Gasteiger partial charge in [-0.15, -0.1) is 0 Å². The number of aromatic nitrogens is 2. The Hall–Kier alpha value is -1.69. The normalized spacial score (nSPS) is 25.9. The molecule has 7 heteroatoms. The SMILES string of the molecule is COC(=O)[C@@H]1CC[C@](C)(C(=O)NCc2nccnc2Cl)C1(C)C. The monoisotopic (exact) mass is 339 g/mol. The quantitative estimate of drug-likeness (QED) is 0.852. The fourth-order valence-electron chi connectivity index (χ4n) is 3.29. The Kier molecular flexibility index (Phi) is 4.94. The zero-order chi connectivity index (χ0) is 17.3. The van der Waals surface area contributed by atoms with E-state index in [1.54, 1.807) is 0 Å². The molecule has 1 aromatic rings. The van der Waals surface area contributed by atoms with E-state index in [1.165, 1.54) is 19.5 Å². The van der Waals surface area contributed by atoms with Gasteiger partial charge in [0.15, 0.2) is 5.15 Å². The molecule has 23 heavy (non-hydrogen) atoms. The predicted octanol–water partition coefficient (Wildman–Crippen LogP) is 2.36. The fourth-order valence-corrected chi connectivity index (χ4v) is 3.46. The van der Waals surface area contributed by atoms with Crippen molar-refractivity contribution in [2.75, 3.05) is 7.11 Å². The Morgan fingerprint density at radius 3 is 2.61 bits per heavy atom. The molecule has 0 radical (unpaired) electrons. The van der Waals surface area contributed by atoms with Crippen LogP contribution in [0.25, 0.3) is 0 Å². The molecule has 1 N–H and O–H groups in total. The summed E-state index contributed by atoms with van der Waals surface area (Å²) in [5, 5.41) is 3.15. The number of halogens is 1. The first-order valence-electron chi connectivity index (χ1n) is 7.55. The second-order valence-corrected chi connectivity index (χ2v) is 7.00. The van der Waals surface area contributed by atoms with E-state index in [0.29, 0.717) is 18.5 Å². The molecule has 0 aromatic carbocycles. The van der Waals surface area contributed by atoms with Crippen LogP contribution in [0, 0.1) is 16.7 Å². The number of ether oxygens (including phenoxy) is 1. The number of methoxy groups -OCH3 is 1. The Balaban J connectivity index is 2.12. The number of hydrogen-bond acceptors (Lipinski definition) is 5. The van der Waals surface area contributed by atoms with E-state index in [9.17, 15) is 9.59 Å². The Bertz CT molecular complexity index is 620. The minimum absolute atomic E-state index is 0.115. The Morgan fingerprint density at radius 1 is 1.35 bits per heavy atom. The van der Waals surface area contributed by atoms with Gasteiger partial charge in [0, 0.05) is 12.4 Å². The second kappa shape index (κ2) is 6.43. The van der Waals surface area contributed by atoms with Crippen LogP contribution in [-0.2, 0) is 20.9 Å². The van der Waals surface area contributed by atoms with Crippen LogP contribution in [0.4, 0.5) is 0 Å². The third kappa shape index (κ3) is 3.04. The summed E-state index contributed by atoms with van der Waals surface area (Å²) in [7, 11) is 1.38. The maximum Gasteiger partial charge on any atom is 0.309 e. The number of carbonyl (C=O) groups excluding carboxylic acids is 2. The van der Waals surface area contributed by atoms with Gasteiger partial charge in [0.25, 0.3) is 0 Å². The second-order valence-electron chi connectivity index (χ2n) is 6.64. The van der Waals surface area contributed by atoms with Gasteiger partial charge in [0.2, 0.25) is 5.91 Å². The Morgan fingerprint density at radius 2 is 2.00 bits per heavy atom. The lowest BCUT2D eigenvalue weighted by atomic mass is 9.65. The molecule has 0 unspecified atom stereocenters. The van der Waals surface area contributed by atoms with Gasteiger partial charge in [0.05, 0.1) is 30.7 Å². The first-order chi connectivity index (χ1) is 10.7. The largest absolute Gasteiger partial charge is 0.469 e. The molecule has 6 nitrogen and oxygen atoms in total. The topological polar surface area (TPSA) is 81.2 Å². The number of carbonyl (C=O) groups is 2. The molecule has 1 amide bonds. The highest BCUT2D eigenvalue weighted by Crippen LogP contribution is 2.56. The van der Waals surface area contributed by atoms with Gasteiger partial charge in [-0.2, -0.15) is 0 Å². The summed E-state index contributed by atoms with van der Waals surface area (Å²) in [6, 6.07) is 0. The summed E-state index contributed by atoms with van der Waals surface area (Å²) >= 11 is 5.96. The fraction of sp³-hybridized carbons (Fsp3) is 0.625. The molecule has 0 saturated heterocycles. The molecule has 2 rings (SSSR count). The van der Waals surface area contributed by atoms with E-state index >= 15 is 0 Å². The lowest BCUT2D eigenvalue weighted by molar-refractivity contribution is -0.152. The number of nitrogens with one attached hydrogen (secondary N) is 1. The van der Waals surface area contributed by atoms with Crippen LogP contribution in [0.3, 0.4) is 0 Å². The first kappa shape index (κ1) is 17.7. The molecule has 0 aliphatic heterocycles. The van der Waals surface area contributed by atoms with Crippen molar-refractivity contribution >= 4 is 23.5 Å². The summed E-state index contributed by atoms with van der Waals surface area (Å²) < 4.78 is 4.88. The number of esters is 1. The minimum Gasteiger partial charge on any atom is -0.469 e. The molecule has 126 valence electrons. The molecule has 0 spiro atoms. The van der Waals surface area contributed by atoms with Crippen molar-refractivity contribution in [1.82, 2.24) is 15.3 Å². The third-order valence-corrected chi connectivity index (χ3v) is 5.67. The molecule has 0 bridgehead atoms. The van der Waals surface area contributed by atoms with Crippen LogP contribution < -0.4 is 5.32 Å². The lowest BCUT2D eigenvalue weighted by Gasteiger charge is -2.39. The molecule has 1 aliphatic carbocycles. The van der Waals surface area contributed by atoms with Crippen molar-refractivity contribution in [3.05, 3.63) is 23.2 Å². The molecular formula is C16H22ClN3O3. The van der Waals surface area contributed by atoms with Crippen molar-refractivity contribution < 1.29 is 14.3 Å². The van der Waals surface area contributed by atoms with Crippen LogP contribution in [0.1, 0.15) is 39.3 Å². The van der Waals surface area contributed by atoms with Gasteiger partial charge in [-0.1, -0.05) is 32.4 Å². The summed E-state index contributed by atoms with van der Waals surface area (Å²) in [5.74, 6) is -0.664. The highest BCUT2D eigenvalue weighted by Gasteiger charge is 2.58. The molecule has 1 heterocycles. The standard InChI is InChI=1S/C16H22ClN3O3/c1-15(2)10(13(21)23-4)5-6-16(15,3)14(22)20-9-11-12(17)19-8-7-18-11/h7-8,10H,5-6,9H2,1-4H3,(H,20,22)/t10-,16+/m0/s1. The summed E-state index contributed by atoms with van der Waals surface area (Å²) in [6.45, 7) is 5.98. The summed E-state index contributed by atoms with van der Waals surface area (Å²) in [5.41, 5.74) is -0.650. The van der Waals surface area contributed by atoms with Gasteiger partial charge in [-0.05, 0) is 18.3 Å². The minimum atomic E-state index is -0.666. The van der Waals surface area contributed by atoms with E-state index in [-0.39, 0.29) is 29.5 Å². The van der Waals surface area contributed by atoms with Crippen LogP contribution in [0.15, 0.2) is 12.4 Å². The van der Waals surface area contributed by atoms with Gasteiger partial charge in [-0.25, -0.2) is 4.98 Å². The number of nitrogens with zero attached hydrogens (tertiary/aromatic N) is 2. The smallest absolute Gasteiger partial charge is 0.309 e. The van der Waals surface area contributed by atoms with Crippen molar-refractivity contribution in [3.8, 4) is 0 Å². The predicted molar refractivity (Wildman–Crippen MR) is 85.5 cm³/mol.